The number of methoxy groups -OCH3 is 1. The van der Waals surface area contributed by atoms with E-state index < -0.39 is 5.97 Å². The van der Waals surface area contributed by atoms with Crippen LogP contribution in [0.3, 0.4) is 0 Å². The molecule has 0 unspecified atom stereocenters. The zero-order chi connectivity index (χ0) is 22.8. The van der Waals surface area contributed by atoms with Gasteiger partial charge in [0, 0.05) is 22.4 Å². The molecule has 2 aromatic carbocycles. The monoisotopic (exact) mass is 449 g/mol. The lowest BCUT2D eigenvalue weighted by Gasteiger charge is -2.19. The maximum absolute atomic E-state index is 13.5. The summed E-state index contributed by atoms with van der Waals surface area (Å²) >= 11 is 6.26. The zero-order valence-electron chi connectivity index (χ0n) is 17.5. The molecule has 2 heterocycles. The van der Waals surface area contributed by atoms with Crippen molar-refractivity contribution in [1.29, 1.82) is 0 Å². The van der Waals surface area contributed by atoms with Gasteiger partial charge in [-0.3, -0.25) is 19.3 Å². The van der Waals surface area contributed by atoms with Crippen LogP contribution in [0.25, 0.3) is 21.9 Å². The van der Waals surface area contributed by atoms with Crippen LogP contribution in [-0.2, 0) is 11.3 Å². The molecule has 0 amide bonds. The molecular formula is C24H20ClN3O4. The molecule has 162 valence electrons. The second-order valence-electron chi connectivity index (χ2n) is 7.22. The van der Waals surface area contributed by atoms with Crippen molar-refractivity contribution in [2.24, 2.45) is 0 Å². The number of aromatic amines is 1. The van der Waals surface area contributed by atoms with Crippen molar-refractivity contribution in [3.63, 3.8) is 0 Å². The van der Waals surface area contributed by atoms with Gasteiger partial charge < -0.3 is 4.74 Å². The first-order valence-electron chi connectivity index (χ1n) is 10.0. The van der Waals surface area contributed by atoms with Crippen molar-refractivity contribution in [3.8, 4) is 11.1 Å². The van der Waals surface area contributed by atoms with E-state index in [1.54, 1.807) is 25.1 Å². The van der Waals surface area contributed by atoms with Crippen molar-refractivity contribution in [2.75, 3.05) is 7.11 Å². The summed E-state index contributed by atoms with van der Waals surface area (Å²) in [7, 11) is 1.26. The summed E-state index contributed by atoms with van der Waals surface area (Å²) in [5.74, 6) is -0.779. The molecule has 7 nitrogen and oxygen atoms in total. The Labute approximate surface area is 188 Å². The normalized spacial score (nSPS) is 11.0. The molecule has 8 heteroatoms. The molecule has 4 rings (SSSR count). The topological polar surface area (TPSA) is 94.1 Å². The first-order chi connectivity index (χ1) is 15.4. The Balaban J connectivity index is 2.04. The Hall–Kier alpha value is -3.71. The number of hydrogen-bond donors (Lipinski definition) is 1. The summed E-state index contributed by atoms with van der Waals surface area (Å²) in [6, 6.07) is 15.9. The summed E-state index contributed by atoms with van der Waals surface area (Å²) in [4.78, 5) is 38.4. The van der Waals surface area contributed by atoms with Gasteiger partial charge in [0.1, 0.15) is 0 Å². The molecule has 0 radical (unpaired) electrons. The van der Waals surface area contributed by atoms with Gasteiger partial charge in [0.05, 0.1) is 25.0 Å². The van der Waals surface area contributed by atoms with Crippen molar-refractivity contribution in [1.82, 2.24) is 14.8 Å². The Morgan fingerprint density at radius 1 is 1.09 bits per heavy atom. The average Bonchev–Trinajstić information content (AvgIpc) is 3.28. The fourth-order valence-corrected chi connectivity index (χ4v) is 3.92. The van der Waals surface area contributed by atoms with E-state index in [0.29, 0.717) is 27.1 Å². The lowest BCUT2D eigenvalue weighted by atomic mass is 9.94. The van der Waals surface area contributed by atoms with Crippen molar-refractivity contribution in [3.05, 3.63) is 87.1 Å². The number of fused-ring (bicyclic) bond motifs is 1. The second kappa shape index (κ2) is 8.80. The number of rotatable bonds is 6. The summed E-state index contributed by atoms with van der Waals surface area (Å²) in [6.45, 7) is 1.78. The molecule has 0 saturated carbocycles. The molecule has 0 atom stereocenters. The van der Waals surface area contributed by atoms with Crippen LogP contribution in [0.4, 0.5) is 0 Å². The number of Topliss-reactive ketones (excluding diaryl/α,β-unsaturated/α-hetero) is 1. The van der Waals surface area contributed by atoms with Gasteiger partial charge in [0.15, 0.2) is 11.5 Å². The third kappa shape index (κ3) is 3.83. The Bertz CT molecular complexity index is 1390. The third-order valence-electron chi connectivity index (χ3n) is 5.23. The van der Waals surface area contributed by atoms with E-state index >= 15 is 0 Å². The molecule has 4 aromatic rings. The van der Waals surface area contributed by atoms with Gasteiger partial charge in [0.2, 0.25) is 0 Å². The van der Waals surface area contributed by atoms with Crippen LogP contribution in [0, 0.1) is 0 Å². The van der Waals surface area contributed by atoms with Crippen LogP contribution >= 0.6 is 11.6 Å². The molecule has 1 N–H and O–H groups in total. The number of carbonyl (C=O) groups excluding carboxylic acids is 2. The van der Waals surface area contributed by atoms with Gasteiger partial charge in [-0.2, -0.15) is 5.10 Å². The highest BCUT2D eigenvalue weighted by Gasteiger charge is 2.23. The lowest BCUT2D eigenvalue weighted by molar-refractivity contribution is 0.0594. The molecule has 0 aliphatic rings. The van der Waals surface area contributed by atoms with E-state index in [1.807, 2.05) is 30.3 Å². The number of benzene rings is 2. The van der Waals surface area contributed by atoms with Crippen LogP contribution < -0.4 is 5.56 Å². The molecule has 0 aliphatic heterocycles. The number of halogens is 1. The molecule has 0 saturated heterocycles. The summed E-state index contributed by atoms with van der Waals surface area (Å²) in [6.07, 6.45) is 0.210. The SMILES string of the molecule is CCC(=O)c1c(-c2ccccc2)c2cc(Cl)ccc2c(=O)n1Cc1cc(C(=O)OC)n[nH]1. The van der Waals surface area contributed by atoms with Gasteiger partial charge in [-0.25, -0.2) is 4.79 Å². The van der Waals surface area contributed by atoms with E-state index in [4.69, 9.17) is 16.3 Å². The largest absolute Gasteiger partial charge is 0.464 e. The Kier molecular flexibility index (Phi) is 5.92. The zero-order valence-corrected chi connectivity index (χ0v) is 18.3. The third-order valence-corrected chi connectivity index (χ3v) is 5.47. The number of ketones is 1. The highest BCUT2D eigenvalue weighted by atomic mass is 35.5. The smallest absolute Gasteiger partial charge is 0.358 e. The average molecular weight is 450 g/mol. The number of H-pyrrole nitrogens is 1. The number of pyridine rings is 1. The Morgan fingerprint density at radius 2 is 1.84 bits per heavy atom. The number of nitrogens with one attached hydrogen (secondary N) is 1. The lowest BCUT2D eigenvalue weighted by Crippen LogP contribution is -2.28. The highest BCUT2D eigenvalue weighted by molar-refractivity contribution is 6.31. The summed E-state index contributed by atoms with van der Waals surface area (Å²) in [5, 5.41) is 8.22. The Morgan fingerprint density at radius 3 is 2.53 bits per heavy atom. The highest BCUT2D eigenvalue weighted by Crippen LogP contribution is 2.33. The fraction of sp³-hybridized carbons (Fsp3) is 0.167. The predicted octanol–water partition coefficient (Wildman–Crippen LogP) is 4.47. The van der Waals surface area contributed by atoms with Gasteiger partial charge in [-0.15, -0.1) is 0 Å². The van der Waals surface area contributed by atoms with E-state index in [-0.39, 0.29) is 35.7 Å². The minimum absolute atomic E-state index is 0.0301. The van der Waals surface area contributed by atoms with Gasteiger partial charge in [-0.05, 0) is 35.2 Å². The molecule has 32 heavy (non-hydrogen) atoms. The van der Waals surface area contributed by atoms with Crippen molar-refractivity contribution >= 4 is 34.1 Å². The first kappa shape index (κ1) is 21.5. The van der Waals surface area contributed by atoms with Gasteiger partial charge in [0.25, 0.3) is 5.56 Å². The van der Waals surface area contributed by atoms with E-state index in [2.05, 4.69) is 10.2 Å². The number of ether oxygens (including phenoxy) is 1. The van der Waals surface area contributed by atoms with Crippen LogP contribution in [0.1, 0.15) is 40.0 Å². The van der Waals surface area contributed by atoms with Gasteiger partial charge >= 0.3 is 5.97 Å². The molecule has 0 spiro atoms. The van der Waals surface area contributed by atoms with Crippen molar-refractivity contribution < 1.29 is 14.3 Å². The quantitative estimate of drug-likeness (QED) is 0.346. The number of hydrogen-bond acceptors (Lipinski definition) is 5. The summed E-state index contributed by atoms with van der Waals surface area (Å²) in [5.41, 5.74) is 1.97. The molecule has 0 aliphatic carbocycles. The molecule has 2 aromatic heterocycles. The second-order valence-corrected chi connectivity index (χ2v) is 7.65. The number of aromatic nitrogens is 3. The number of esters is 1. The molecule has 0 fully saturated rings. The number of nitrogens with zero attached hydrogens (tertiary/aromatic N) is 2. The maximum atomic E-state index is 13.5. The predicted molar refractivity (Wildman–Crippen MR) is 122 cm³/mol. The van der Waals surface area contributed by atoms with Crippen LogP contribution in [0.2, 0.25) is 5.02 Å². The maximum Gasteiger partial charge on any atom is 0.358 e. The first-order valence-corrected chi connectivity index (χ1v) is 10.4. The van der Waals surface area contributed by atoms with E-state index in [0.717, 1.165) is 5.56 Å². The van der Waals surface area contributed by atoms with Crippen LogP contribution in [0.5, 0.6) is 0 Å². The van der Waals surface area contributed by atoms with E-state index in [1.165, 1.54) is 17.7 Å². The van der Waals surface area contributed by atoms with E-state index in [9.17, 15) is 14.4 Å². The van der Waals surface area contributed by atoms with Crippen LogP contribution in [-0.4, -0.2) is 33.6 Å². The summed E-state index contributed by atoms with van der Waals surface area (Å²) < 4.78 is 6.12. The van der Waals surface area contributed by atoms with Gasteiger partial charge in [-0.1, -0.05) is 48.9 Å². The minimum atomic E-state index is -0.595. The molecule has 0 bridgehead atoms. The minimum Gasteiger partial charge on any atom is -0.464 e. The fourth-order valence-electron chi connectivity index (χ4n) is 3.75. The van der Waals surface area contributed by atoms with Crippen LogP contribution in [0.15, 0.2) is 59.4 Å². The molecular weight excluding hydrogens is 430 g/mol. The number of carbonyl (C=O) groups is 2. The van der Waals surface area contributed by atoms with Crippen molar-refractivity contribution in [2.45, 2.75) is 19.9 Å². The standard InChI is InChI=1S/C24H20ClN3O4/c1-3-20(29)22-21(14-7-5-4-6-8-14)18-11-15(25)9-10-17(18)23(30)28(22)13-16-12-19(27-26-16)24(31)32-2/h4-12H,3,13H2,1-2H3,(H,26,27).